The molecular weight excluding hydrogens is 324 g/mol. The van der Waals surface area contributed by atoms with Crippen molar-refractivity contribution in [1.82, 2.24) is 4.90 Å². The fourth-order valence-corrected chi connectivity index (χ4v) is 3.56. The second-order valence-corrected chi connectivity index (χ2v) is 7.02. The normalized spacial score (nSPS) is 14.9. The van der Waals surface area contributed by atoms with Gasteiger partial charge in [0.15, 0.2) is 0 Å². The van der Waals surface area contributed by atoms with Gasteiger partial charge in [-0.25, -0.2) is 0 Å². The molecule has 2 aromatic carbocycles. The van der Waals surface area contributed by atoms with Gasteiger partial charge in [0, 0.05) is 31.3 Å². The van der Waals surface area contributed by atoms with Gasteiger partial charge in [0.25, 0.3) is 5.91 Å². The molecule has 0 unspecified atom stereocenters. The molecule has 1 aliphatic heterocycles. The Balaban J connectivity index is 1.51. The van der Waals surface area contributed by atoms with E-state index in [1.807, 2.05) is 17.0 Å². The summed E-state index contributed by atoms with van der Waals surface area (Å²) < 4.78 is 0. The number of rotatable bonds is 5. The van der Waals surface area contributed by atoms with E-state index in [-0.39, 0.29) is 11.8 Å². The fraction of sp³-hybridized carbons (Fsp3) is 0.364. The average molecular weight is 350 g/mol. The summed E-state index contributed by atoms with van der Waals surface area (Å²) >= 11 is 0. The van der Waals surface area contributed by atoms with Gasteiger partial charge in [-0.15, -0.1) is 0 Å². The number of nitrogens with zero attached hydrogens (tertiary/aromatic N) is 1. The van der Waals surface area contributed by atoms with Crippen molar-refractivity contribution in [2.45, 2.75) is 32.6 Å². The molecule has 1 saturated heterocycles. The molecule has 0 saturated carbocycles. The van der Waals surface area contributed by atoms with Crippen LogP contribution < -0.4 is 5.32 Å². The van der Waals surface area contributed by atoms with Crippen LogP contribution in [0.4, 0.5) is 5.69 Å². The summed E-state index contributed by atoms with van der Waals surface area (Å²) in [5.41, 5.74) is 2.70. The summed E-state index contributed by atoms with van der Waals surface area (Å²) in [5, 5.41) is 2.73. The number of piperidine rings is 1. The third kappa shape index (κ3) is 4.94. The second kappa shape index (κ2) is 8.65. The van der Waals surface area contributed by atoms with Crippen molar-refractivity contribution in [3.05, 3.63) is 65.7 Å². The Morgan fingerprint density at radius 3 is 2.46 bits per heavy atom. The number of carbonyl (C=O) groups excluding carboxylic acids is 2. The summed E-state index contributed by atoms with van der Waals surface area (Å²) in [7, 11) is 0. The van der Waals surface area contributed by atoms with Crippen molar-refractivity contribution in [1.29, 1.82) is 0 Å². The van der Waals surface area contributed by atoms with E-state index in [0.29, 0.717) is 17.2 Å². The second-order valence-electron chi connectivity index (χ2n) is 7.02. The van der Waals surface area contributed by atoms with Crippen LogP contribution in [0.1, 0.15) is 42.1 Å². The molecule has 1 N–H and O–H groups in total. The Hall–Kier alpha value is -2.62. The van der Waals surface area contributed by atoms with Crippen LogP contribution in [-0.2, 0) is 11.2 Å². The SMILES string of the molecule is CC(=O)Nc1cccc(C(=O)N2CCC(CCc3ccccc3)CC2)c1. The highest BCUT2D eigenvalue weighted by Crippen LogP contribution is 2.24. The van der Waals surface area contributed by atoms with Gasteiger partial charge in [-0.1, -0.05) is 36.4 Å². The molecule has 1 aliphatic rings. The lowest BCUT2D eigenvalue weighted by Gasteiger charge is -2.32. The monoisotopic (exact) mass is 350 g/mol. The van der Waals surface area contributed by atoms with E-state index in [2.05, 4.69) is 35.6 Å². The highest BCUT2D eigenvalue weighted by Gasteiger charge is 2.23. The summed E-state index contributed by atoms with van der Waals surface area (Å²) in [4.78, 5) is 25.9. The number of anilines is 1. The molecule has 0 aromatic heterocycles. The van der Waals surface area contributed by atoms with Crippen LogP contribution in [0.15, 0.2) is 54.6 Å². The van der Waals surface area contributed by atoms with Crippen molar-refractivity contribution >= 4 is 17.5 Å². The van der Waals surface area contributed by atoms with Crippen molar-refractivity contribution in [2.75, 3.05) is 18.4 Å². The van der Waals surface area contributed by atoms with Crippen LogP contribution in [-0.4, -0.2) is 29.8 Å². The standard InChI is InChI=1S/C22H26N2O2/c1-17(25)23-21-9-5-8-20(16-21)22(26)24-14-12-19(13-15-24)11-10-18-6-3-2-4-7-18/h2-9,16,19H,10-15H2,1H3,(H,23,25). The zero-order chi connectivity index (χ0) is 18.4. The van der Waals surface area contributed by atoms with E-state index in [1.54, 1.807) is 12.1 Å². The number of nitrogens with one attached hydrogen (secondary N) is 1. The van der Waals surface area contributed by atoms with Gasteiger partial charge >= 0.3 is 0 Å². The number of amides is 2. The molecule has 4 nitrogen and oxygen atoms in total. The number of hydrogen-bond donors (Lipinski definition) is 1. The summed E-state index contributed by atoms with van der Waals surface area (Å²) in [5.74, 6) is 0.609. The van der Waals surface area contributed by atoms with Crippen molar-refractivity contribution in [3.8, 4) is 0 Å². The van der Waals surface area contributed by atoms with Crippen molar-refractivity contribution in [2.24, 2.45) is 5.92 Å². The highest BCUT2D eigenvalue weighted by molar-refractivity contribution is 5.96. The molecule has 0 atom stereocenters. The van der Waals surface area contributed by atoms with Crippen LogP contribution in [0.25, 0.3) is 0 Å². The first kappa shape index (κ1) is 18.2. The lowest BCUT2D eigenvalue weighted by Crippen LogP contribution is -2.38. The van der Waals surface area contributed by atoms with E-state index in [1.165, 1.54) is 18.9 Å². The Kier molecular flexibility index (Phi) is 6.05. The lowest BCUT2D eigenvalue weighted by molar-refractivity contribution is -0.114. The lowest BCUT2D eigenvalue weighted by atomic mass is 9.90. The van der Waals surface area contributed by atoms with Gasteiger partial charge in [0.1, 0.15) is 0 Å². The van der Waals surface area contributed by atoms with E-state index in [4.69, 9.17) is 0 Å². The largest absolute Gasteiger partial charge is 0.339 e. The third-order valence-corrected chi connectivity index (χ3v) is 5.02. The maximum Gasteiger partial charge on any atom is 0.253 e. The van der Waals surface area contributed by atoms with Crippen LogP contribution in [0.5, 0.6) is 0 Å². The number of hydrogen-bond acceptors (Lipinski definition) is 2. The van der Waals surface area contributed by atoms with E-state index < -0.39 is 0 Å². The van der Waals surface area contributed by atoms with Gasteiger partial charge in [-0.05, 0) is 55.4 Å². The Morgan fingerprint density at radius 1 is 1.04 bits per heavy atom. The number of benzene rings is 2. The topological polar surface area (TPSA) is 49.4 Å². The van der Waals surface area contributed by atoms with Gasteiger partial charge in [-0.2, -0.15) is 0 Å². The quantitative estimate of drug-likeness (QED) is 0.881. The maximum atomic E-state index is 12.7. The van der Waals surface area contributed by atoms with Crippen LogP contribution in [0.3, 0.4) is 0 Å². The molecule has 136 valence electrons. The zero-order valence-corrected chi connectivity index (χ0v) is 15.3. The van der Waals surface area contributed by atoms with E-state index >= 15 is 0 Å². The van der Waals surface area contributed by atoms with Crippen LogP contribution in [0.2, 0.25) is 0 Å². The zero-order valence-electron chi connectivity index (χ0n) is 15.3. The number of aryl methyl sites for hydroxylation is 1. The molecule has 0 aliphatic carbocycles. The minimum Gasteiger partial charge on any atom is -0.339 e. The fourth-order valence-electron chi connectivity index (χ4n) is 3.56. The summed E-state index contributed by atoms with van der Waals surface area (Å²) in [6.07, 6.45) is 4.41. The first-order valence-electron chi connectivity index (χ1n) is 9.32. The first-order valence-corrected chi connectivity index (χ1v) is 9.32. The van der Waals surface area contributed by atoms with E-state index in [0.717, 1.165) is 32.4 Å². The predicted molar refractivity (Wildman–Crippen MR) is 104 cm³/mol. The Morgan fingerprint density at radius 2 is 1.77 bits per heavy atom. The van der Waals surface area contributed by atoms with Crippen molar-refractivity contribution < 1.29 is 9.59 Å². The molecular formula is C22H26N2O2. The minimum atomic E-state index is -0.131. The molecule has 0 bridgehead atoms. The molecule has 4 heteroatoms. The summed E-state index contributed by atoms with van der Waals surface area (Å²) in [6.45, 7) is 3.08. The maximum absolute atomic E-state index is 12.7. The average Bonchev–Trinajstić information content (AvgIpc) is 2.67. The molecule has 3 rings (SSSR count). The van der Waals surface area contributed by atoms with Gasteiger partial charge in [-0.3, -0.25) is 9.59 Å². The van der Waals surface area contributed by atoms with Crippen LogP contribution >= 0.6 is 0 Å². The molecule has 2 aromatic rings. The number of carbonyl (C=O) groups is 2. The smallest absolute Gasteiger partial charge is 0.253 e. The Bertz CT molecular complexity index is 750. The van der Waals surface area contributed by atoms with Crippen LogP contribution in [0, 0.1) is 5.92 Å². The predicted octanol–water partition coefficient (Wildman–Crippen LogP) is 4.13. The minimum absolute atomic E-state index is 0.0544. The van der Waals surface area contributed by atoms with Gasteiger partial charge < -0.3 is 10.2 Å². The summed E-state index contributed by atoms with van der Waals surface area (Å²) in [6, 6.07) is 17.8. The molecule has 1 fully saturated rings. The first-order chi connectivity index (χ1) is 12.6. The molecule has 26 heavy (non-hydrogen) atoms. The number of likely N-dealkylation sites (tertiary alicyclic amines) is 1. The molecule has 2 amide bonds. The highest BCUT2D eigenvalue weighted by atomic mass is 16.2. The molecule has 1 heterocycles. The van der Waals surface area contributed by atoms with Gasteiger partial charge in [0.05, 0.1) is 0 Å². The van der Waals surface area contributed by atoms with E-state index in [9.17, 15) is 9.59 Å². The molecule has 0 spiro atoms. The van der Waals surface area contributed by atoms with Crippen molar-refractivity contribution in [3.63, 3.8) is 0 Å². The third-order valence-electron chi connectivity index (χ3n) is 5.02. The molecule has 0 radical (unpaired) electrons. The Labute approximate surface area is 155 Å². The van der Waals surface area contributed by atoms with Gasteiger partial charge in [0.2, 0.25) is 5.91 Å².